The van der Waals surface area contributed by atoms with Gasteiger partial charge in [0.25, 0.3) is 0 Å². The molecule has 0 heterocycles. The molecule has 0 unspecified atom stereocenters. The van der Waals surface area contributed by atoms with Gasteiger partial charge < -0.3 is 14.8 Å². The van der Waals surface area contributed by atoms with Crippen LogP contribution >= 0.6 is 0 Å². The summed E-state index contributed by atoms with van der Waals surface area (Å²) < 4.78 is 11.1. The van der Waals surface area contributed by atoms with Crippen molar-refractivity contribution in [2.24, 2.45) is 0 Å². The van der Waals surface area contributed by atoms with Crippen LogP contribution in [0.15, 0.2) is 60.7 Å². The highest BCUT2D eigenvalue weighted by Crippen LogP contribution is 2.29. The zero-order valence-electron chi connectivity index (χ0n) is 16.7. The Morgan fingerprint density at radius 2 is 1.79 bits per heavy atom. The van der Waals surface area contributed by atoms with E-state index in [0.29, 0.717) is 24.5 Å². The van der Waals surface area contributed by atoms with E-state index in [1.165, 1.54) is 16.3 Å². The molecule has 146 valence electrons. The molecule has 0 fully saturated rings. The van der Waals surface area contributed by atoms with Crippen molar-refractivity contribution in [2.75, 3.05) is 7.11 Å². The van der Waals surface area contributed by atoms with Crippen molar-refractivity contribution in [3.05, 3.63) is 71.8 Å². The number of carbonyl (C=O) groups is 1. The summed E-state index contributed by atoms with van der Waals surface area (Å²) in [6.07, 6.45) is 1.26. The van der Waals surface area contributed by atoms with Crippen molar-refractivity contribution in [1.82, 2.24) is 5.32 Å². The first-order chi connectivity index (χ1) is 13.6. The Morgan fingerprint density at radius 3 is 2.57 bits per heavy atom. The molecule has 0 bridgehead atoms. The number of carbonyl (C=O) groups excluding carboxylic acids is 1. The number of hydrogen-bond acceptors (Lipinski definition) is 3. The number of fused-ring (bicyclic) bond motifs is 1. The van der Waals surface area contributed by atoms with Gasteiger partial charge in [0.05, 0.1) is 13.2 Å². The van der Waals surface area contributed by atoms with Gasteiger partial charge in [-0.25, -0.2) is 0 Å². The molecule has 28 heavy (non-hydrogen) atoms. The van der Waals surface area contributed by atoms with E-state index < -0.39 is 0 Å². The quantitative estimate of drug-likeness (QED) is 0.608. The lowest BCUT2D eigenvalue weighted by Crippen LogP contribution is -2.23. The van der Waals surface area contributed by atoms with Gasteiger partial charge in [-0.3, -0.25) is 4.79 Å². The number of methoxy groups -OCH3 is 1. The van der Waals surface area contributed by atoms with Crippen LogP contribution in [-0.2, 0) is 17.8 Å². The second kappa shape index (κ2) is 9.27. The molecule has 0 aliphatic heterocycles. The Hall–Kier alpha value is -3.01. The van der Waals surface area contributed by atoms with Gasteiger partial charge in [0, 0.05) is 13.0 Å². The van der Waals surface area contributed by atoms with E-state index in [4.69, 9.17) is 9.47 Å². The standard InChI is InChI=1S/C24H27NO3/c1-17(2)28-22-13-11-18(15-23(22)27-3)16-25-24(26)14-12-20-9-6-8-19-7-4-5-10-21(19)20/h4-11,13,15,17H,12,14,16H2,1-3H3,(H,25,26). The minimum Gasteiger partial charge on any atom is -0.493 e. The van der Waals surface area contributed by atoms with E-state index in [9.17, 15) is 4.79 Å². The van der Waals surface area contributed by atoms with Gasteiger partial charge in [0.2, 0.25) is 5.91 Å². The van der Waals surface area contributed by atoms with Crippen LogP contribution in [0.2, 0.25) is 0 Å². The summed E-state index contributed by atoms with van der Waals surface area (Å²) in [5, 5.41) is 5.41. The van der Waals surface area contributed by atoms with Gasteiger partial charge in [0.15, 0.2) is 11.5 Å². The molecule has 0 saturated carbocycles. The lowest BCUT2D eigenvalue weighted by atomic mass is 10.0. The second-order valence-electron chi connectivity index (χ2n) is 7.07. The SMILES string of the molecule is COc1cc(CNC(=O)CCc2cccc3ccccc23)ccc1OC(C)C. The predicted octanol–water partition coefficient (Wildman–Crippen LogP) is 4.88. The largest absolute Gasteiger partial charge is 0.493 e. The number of benzene rings is 3. The zero-order valence-corrected chi connectivity index (χ0v) is 16.7. The van der Waals surface area contributed by atoms with Crippen molar-refractivity contribution in [2.45, 2.75) is 39.3 Å². The molecule has 0 aromatic heterocycles. The van der Waals surface area contributed by atoms with Crippen LogP contribution in [0.25, 0.3) is 10.8 Å². The third kappa shape index (κ3) is 5.03. The Morgan fingerprint density at radius 1 is 1.00 bits per heavy atom. The zero-order chi connectivity index (χ0) is 19.9. The summed E-state index contributed by atoms with van der Waals surface area (Å²) >= 11 is 0. The normalized spacial score (nSPS) is 10.9. The lowest BCUT2D eigenvalue weighted by Gasteiger charge is -2.15. The number of amides is 1. The average molecular weight is 377 g/mol. The monoisotopic (exact) mass is 377 g/mol. The maximum Gasteiger partial charge on any atom is 0.220 e. The highest BCUT2D eigenvalue weighted by Gasteiger charge is 2.09. The van der Waals surface area contributed by atoms with Crippen molar-refractivity contribution in [3.8, 4) is 11.5 Å². The van der Waals surface area contributed by atoms with Gasteiger partial charge in [-0.05, 0) is 54.3 Å². The molecule has 0 radical (unpaired) electrons. The van der Waals surface area contributed by atoms with Gasteiger partial charge in [-0.15, -0.1) is 0 Å². The van der Waals surface area contributed by atoms with Crippen molar-refractivity contribution < 1.29 is 14.3 Å². The van der Waals surface area contributed by atoms with Crippen LogP contribution in [0.3, 0.4) is 0 Å². The molecule has 4 nitrogen and oxygen atoms in total. The molecule has 3 aromatic rings. The minimum absolute atomic E-state index is 0.0365. The number of aryl methyl sites for hydroxylation is 1. The lowest BCUT2D eigenvalue weighted by molar-refractivity contribution is -0.121. The fourth-order valence-electron chi connectivity index (χ4n) is 3.22. The number of rotatable bonds is 8. The average Bonchev–Trinajstić information content (AvgIpc) is 2.71. The summed E-state index contributed by atoms with van der Waals surface area (Å²) in [5.74, 6) is 1.43. The summed E-state index contributed by atoms with van der Waals surface area (Å²) in [7, 11) is 1.62. The third-order valence-electron chi connectivity index (χ3n) is 4.58. The third-order valence-corrected chi connectivity index (χ3v) is 4.58. The van der Waals surface area contributed by atoms with E-state index in [2.05, 4.69) is 29.6 Å². The van der Waals surface area contributed by atoms with Crippen LogP contribution in [0.1, 0.15) is 31.4 Å². The molecule has 0 atom stereocenters. The minimum atomic E-state index is 0.0365. The summed E-state index contributed by atoms with van der Waals surface area (Å²) in [4.78, 5) is 12.3. The molecule has 0 spiro atoms. The molecule has 3 rings (SSSR count). The highest BCUT2D eigenvalue weighted by atomic mass is 16.5. The molecular formula is C24H27NO3. The molecule has 1 N–H and O–H groups in total. The molecular weight excluding hydrogens is 350 g/mol. The molecule has 3 aromatic carbocycles. The summed E-state index contributed by atoms with van der Waals surface area (Å²) in [6, 6.07) is 20.2. The van der Waals surface area contributed by atoms with Crippen molar-refractivity contribution in [1.29, 1.82) is 0 Å². The van der Waals surface area contributed by atoms with Gasteiger partial charge in [0.1, 0.15) is 0 Å². The Kier molecular flexibility index (Phi) is 6.53. The van der Waals surface area contributed by atoms with E-state index in [1.807, 2.05) is 50.2 Å². The Balaban J connectivity index is 1.57. The fourth-order valence-corrected chi connectivity index (χ4v) is 3.22. The first-order valence-electron chi connectivity index (χ1n) is 9.63. The first-order valence-corrected chi connectivity index (χ1v) is 9.63. The van der Waals surface area contributed by atoms with Crippen LogP contribution in [0, 0.1) is 0 Å². The van der Waals surface area contributed by atoms with E-state index >= 15 is 0 Å². The van der Waals surface area contributed by atoms with Crippen LogP contribution in [0.5, 0.6) is 11.5 Å². The van der Waals surface area contributed by atoms with Gasteiger partial charge in [-0.1, -0.05) is 48.5 Å². The maximum atomic E-state index is 12.3. The smallest absolute Gasteiger partial charge is 0.220 e. The highest BCUT2D eigenvalue weighted by molar-refractivity contribution is 5.86. The molecule has 0 aliphatic rings. The molecule has 1 amide bonds. The first kappa shape index (κ1) is 19.7. The topological polar surface area (TPSA) is 47.6 Å². The second-order valence-corrected chi connectivity index (χ2v) is 7.07. The summed E-state index contributed by atoms with van der Waals surface area (Å²) in [6.45, 7) is 4.42. The van der Waals surface area contributed by atoms with E-state index in [1.54, 1.807) is 7.11 Å². The van der Waals surface area contributed by atoms with Gasteiger partial charge in [-0.2, -0.15) is 0 Å². The number of ether oxygens (including phenoxy) is 2. The maximum absolute atomic E-state index is 12.3. The Bertz CT molecular complexity index is 944. The summed E-state index contributed by atoms with van der Waals surface area (Å²) in [5.41, 5.74) is 2.18. The van der Waals surface area contributed by atoms with Crippen molar-refractivity contribution >= 4 is 16.7 Å². The molecule has 0 saturated heterocycles. The van der Waals surface area contributed by atoms with Crippen LogP contribution in [0.4, 0.5) is 0 Å². The van der Waals surface area contributed by atoms with Crippen molar-refractivity contribution in [3.63, 3.8) is 0 Å². The predicted molar refractivity (Wildman–Crippen MR) is 113 cm³/mol. The van der Waals surface area contributed by atoms with Crippen LogP contribution in [-0.4, -0.2) is 19.1 Å². The Labute approximate surface area is 166 Å². The molecule has 4 heteroatoms. The van der Waals surface area contributed by atoms with E-state index in [0.717, 1.165) is 12.0 Å². The number of hydrogen-bond donors (Lipinski definition) is 1. The van der Waals surface area contributed by atoms with Crippen LogP contribution < -0.4 is 14.8 Å². The fraction of sp³-hybridized carbons (Fsp3) is 0.292. The molecule has 0 aliphatic carbocycles. The van der Waals surface area contributed by atoms with Gasteiger partial charge >= 0.3 is 0 Å². The van der Waals surface area contributed by atoms with E-state index in [-0.39, 0.29) is 12.0 Å². The number of nitrogens with one attached hydrogen (secondary N) is 1.